The van der Waals surface area contributed by atoms with Crippen LogP contribution in [0.25, 0.3) is 5.69 Å². The Morgan fingerprint density at radius 3 is 2.74 bits per heavy atom. The van der Waals surface area contributed by atoms with Crippen LogP contribution in [0.15, 0.2) is 36.5 Å². The Balaban J connectivity index is 1.65. The molecule has 23 heavy (non-hydrogen) atoms. The molecule has 0 radical (unpaired) electrons. The van der Waals surface area contributed by atoms with Gasteiger partial charge in [-0.2, -0.15) is 0 Å². The lowest BCUT2D eigenvalue weighted by molar-refractivity contribution is -0.128. The number of carbonyl (C=O) groups excluding carboxylic acids is 1. The molecule has 0 saturated heterocycles. The van der Waals surface area contributed by atoms with E-state index in [0.29, 0.717) is 5.02 Å². The Kier molecular flexibility index (Phi) is 4.86. The zero-order valence-electron chi connectivity index (χ0n) is 13.0. The van der Waals surface area contributed by atoms with Gasteiger partial charge in [-0.25, -0.2) is 4.68 Å². The maximum Gasteiger partial charge on any atom is 0.261 e. The number of hydrogen-bond acceptors (Lipinski definition) is 3. The number of nitrogens with zero attached hydrogens (tertiary/aromatic N) is 2. The fourth-order valence-electron chi connectivity index (χ4n) is 2.74. The predicted octanol–water partition coefficient (Wildman–Crippen LogP) is 3.35. The molecule has 1 aromatic heterocycles. The zero-order chi connectivity index (χ0) is 16.2. The van der Waals surface area contributed by atoms with E-state index in [9.17, 15) is 4.79 Å². The van der Waals surface area contributed by atoms with E-state index in [0.717, 1.165) is 18.5 Å². The molecule has 0 aliphatic heterocycles. The summed E-state index contributed by atoms with van der Waals surface area (Å²) in [7, 11) is 0. The zero-order valence-corrected chi connectivity index (χ0v) is 13.8. The van der Waals surface area contributed by atoms with Crippen molar-refractivity contribution in [1.82, 2.24) is 15.1 Å². The lowest BCUT2D eigenvalue weighted by Gasteiger charge is -2.17. The smallest absolute Gasteiger partial charge is 0.261 e. The molecule has 6 heteroatoms. The summed E-state index contributed by atoms with van der Waals surface area (Å²) in [6, 6.07) is 9.88. The van der Waals surface area contributed by atoms with Crippen LogP contribution in [-0.2, 0) is 4.79 Å². The standard InChI is InChI=1S/C17H20ClN3O2/c1-12(16(22)19-13-7-5-6-8-13)23-17-15(18)11-21(20-17)14-9-3-2-4-10-14/h2-4,9-13H,5-8H2,1H3,(H,19,22). The Labute approximate surface area is 140 Å². The second-order valence-electron chi connectivity index (χ2n) is 5.81. The maximum atomic E-state index is 12.2. The molecule has 3 rings (SSSR count). The molecule has 1 N–H and O–H groups in total. The molecule has 5 nitrogen and oxygen atoms in total. The summed E-state index contributed by atoms with van der Waals surface area (Å²) < 4.78 is 7.28. The number of amides is 1. The molecule has 1 aliphatic rings. The molecule has 1 fully saturated rings. The van der Waals surface area contributed by atoms with Crippen molar-refractivity contribution < 1.29 is 9.53 Å². The second kappa shape index (κ2) is 7.04. The van der Waals surface area contributed by atoms with E-state index >= 15 is 0 Å². The van der Waals surface area contributed by atoms with Crippen molar-refractivity contribution in [2.45, 2.75) is 44.8 Å². The van der Waals surface area contributed by atoms with Gasteiger partial charge in [0.25, 0.3) is 11.8 Å². The van der Waals surface area contributed by atoms with Gasteiger partial charge >= 0.3 is 0 Å². The van der Waals surface area contributed by atoms with Gasteiger partial charge in [0.05, 0.1) is 11.9 Å². The third-order valence-corrected chi connectivity index (χ3v) is 4.28. The van der Waals surface area contributed by atoms with Gasteiger partial charge in [0, 0.05) is 6.04 Å². The molecular weight excluding hydrogens is 314 g/mol. The largest absolute Gasteiger partial charge is 0.462 e. The lowest BCUT2D eigenvalue weighted by atomic mass is 10.2. The van der Waals surface area contributed by atoms with E-state index < -0.39 is 6.10 Å². The number of para-hydroxylation sites is 1. The van der Waals surface area contributed by atoms with Crippen molar-refractivity contribution in [3.63, 3.8) is 0 Å². The normalized spacial score (nSPS) is 16.3. The number of nitrogens with one attached hydrogen (secondary N) is 1. The number of benzene rings is 1. The van der Waals surface area contributed by atoms with Crippen LogP contribution in [0.3, 0.4) is 0 Å². The molecule has 1 amide bonds. The summed E-state index contributed by atoms with van der Waals surface area (Å²) in [5, 5.41) is 7.72. The van der Waals surface area contributed by atoms with Crippen molar-refractivity contribution in [3.8, 4) is 11.6 Å². The first-order valence-corrected chi connectivity index (χ1v) is 8.29. The first-order chi connectivity index (χ1) is 11.1. The topological polar surface area (TPSA) is 56.2 Å². The molecule has 1 atom stereocenters. The second-order valence-corrected chi connectivity index (χ2v) is 6.22. The van der Waals surface area contributed by atoms with Crippen LogP contribution in [0.1, 0.15) is 32.6 Å². The van der Waals surface area contributed by atoms with E-state index in [2.05, 4.69) is 10.4 Å². The highest BCUT2D eigenvalue weighted by molar-refractivity contribution is 6.31. The summed E-state index contributed by atoms with van der Waals surface area (Å²) in [5.41, 5.74) is 0.882. The van der Waals surface area contributed by atoms with Crippen LogP contribution in [0.4, 0.5) is 0 Å². The Morgan fingerprint density at radius 1 is 1.35 bits per heavy atom. The highest BCUT2D eigenvalue weighted by Crippen LogP contribution is 2.25. The predicted molar refractivity (Wildman–Crippen MR) is 89.1 cm³/mol. The SMILES string of the molecule is CC(Oc1nn(-c2ccccc2)cc1Cl)C(=O)NC1CCCC1. The van der Waals surface area contributed by atoms with Gasteiger partial charge in [-0.1, -0.05) is 42.6 Å². The number of hydrogen-bond donors (Lipinski definition) is 1. The molecule has 2 aromatic rings. The molecule has 1 unspecified atom stereocenters. The van der Waals surface area contributed by atoms with Crippen LogP contribution in [-0.4, -0.2) is 27.8 Å². The van der Waals surface area contributed by atoms with Gasteiger partial charge in [0.2, 0.25) is 0 Å². The first kappa shape index (κ1) is 15.9. The van der Waals surface area contributed by atoms with E-state index in [1.54, 1.807) is 17.8 Å². The number of halogens is 1. The fourth-order valence-corrected chi connectivity index (χ4v) is 2.91. The van der Waals surface area contributed by atoms with Crippen LogP contribution >= 0.6 is 11.6 Å². The van der Waals surface area contributed by atoms with Gasteiger partial charge < -0.3 is 10.1 Å². The van der Waals surface area contributed by atoms with Gasteiger partial charge in [-0.05, 0) is 31.9 Å². The van der Waals surface area contributed by atoms with Crippen molar-refractivity contribution in [3.05, 3.63) is 41.6 Å². The lowest BCUT2D eigenvalue weighted by Crippen LogP contribution is -2.41. The Morgan fingerprint density at radius 2 is 2.04 bits per heavy atom. The van der Waals surface area contributed by atoms with E-state index in [1.165, 1.54) is 12.8 Å². The summed E-state index contributed by atoms with van der Waals surface area (Å²) >= 11 is 6.17. The molecule has 1 aliphatic carbocycles. The minimum Gasteiger partial charge on any atom is -0.462 e. The number of aromatic nitrogens is 2. The van der Waals surface area contributed by atoms with Crippen molar-refractivity contribution >= 4 is 17.5 Å². The Bertz CT molecular complexity index is 666. The number of rotatable bonds is 5. The molecular formula is C17H20ClN3O2. The quantitative estimate of drug-likeness (QED) is 0.912. The van der Waals surface area contributed by atoms with Gasteiger partial charge in [-0.15, -0.1) is 5.10 Å². The molecule has 1 heterocycles. The minimum atomic E-state index is -0.632. The average molecular weight is 334 g/mol. The average Bonchev–Trinajstić information content (AvgIpc) is 3.18. The highest BCUT2D eigenvalue weighted by atomic mass is 35.5. The van der Waals surface area contributed by atoms with E-state index in [1.807, 2.05) is 30.3 Å². The number of carbonyl (C=O) groups is 1. The maximum absolute atomic E-state index is 12.2. The van der Waals surface area contributed by atoms with Gasteiger partial charge in [0.15, 0.2) is 6.10 Å². The highest BCUT2D eigenvalue weighted by Gasteiger charge is 2.23. The fraction of sp³-hybridized carbons (Fsp3) is 0.412. The summed E-state index contributed by atoms with van der Waals surface area (Å²) in [6.07, 6.45) is 5.48. The summed E-state index contributed by atoms with van der Waals surface area (Å²) in [5.74, 6) is 0.145. The monoisotopic (exact) mass is 333 g/mol. The molecule has 122 valence electrons. The van der Waals surface area contributed by atoms with Crippen LogP contribution in [0, 0.1) is 0 Å². The summed E-state index contributed by atoms with van der Waals surface area (Å²) in [4.78, 5) is 12.2. The minimum absolute atomic E-state index is 0.123. The molecule has 1 aromatic carbocycles. The number of ether oxygens (including phenoxy) is 1. The Hall–Kier alpha value is -2.01. The molecule has 0 spiro atoms. The third kappa shape index (κ3) is 3.85. The van der Waals surface area contributed by atoms with Crippen molar-refractivity contribution in [2.24, 2.45) is 0 Å². The van der Waals surface area contributed by atoms with E-state index in [4.69, 9.17) is 16.3 Å². The van der Waals surface area contributed by atoms with Crippen molar-refractivity contribution in [2.75, 3.05) is 0 Å². The van der Waals surface area contributed by atoms with Crippen LogP contribution < -0.4 is 10.1 Å². The van der Waals surface area contributed by atoms with E-state index in [-0.39, 0.29) is 17.8 Å². The first-order valence-electron chi connectivity index (χ1n) is 7.91. The van der Waals surface area contributed by atoms with Crippen molar-refractivity contribution in [1.29, 1.82) is 0 Å². The summed E-state index contributed by atoms with van der Waals surface area (Å²) in [6.45, 7) is 1.71. The molecule has 1 saturated carbocycles. The third-order valence-electron chi connectivity index (χ3n) is 4.02. The van der Waals surface area contributed by atoms with Gasteiger partial charge in [0.1, 0.15) is 5.02 Å². The molecule has 0 bridgehead atoms. The van der Waals surface area contributed by atoms with Crippen LogP contribution in [0.5, 0.6) is 5.88 Å². The van der Waals surface area contributed by atoms with Crippen LogP contribution in [0.2, 0.25) is 5.02 Å². The van der Waals surface area contributed by atoms with Gasteiger partial charge in [-0.3, -0.25) is 4.79 Å².